The quantitative estimate of drug-likeness (QED) is 0.861. The van der Waals surface area contributed by atoms with Gasteiger partial charge in [-0.3, -0.25) is 4.79 Å². The second-order valence-corrected chi connectivity index (χ2v) is 4.84. The number of nitrogens with one attached hydrogen (secondary N) is 1. The van der Waals surface area contributed by atoms with Crippen LogP contribution in [0.25, 0.3) is 0 Å². The summed E-state index contributed by atoms with van der Waals surface area (Å²) in [4.78, 5) is 12.1. The summed E-state index contributed by atoms with van der Waals surface area (Å²) in [6, 6.07) is 4.86. The van der Waals surface area contributed by atoms with Crippen LogP contribution in [0.4, 0.5) is 0 Å². The zero-order valence-electron chi connectivity index (χ0n) is 10.9. The topological polar surface area (TPSA) is 64.3 Å². The Bertz CT molecular complexity index is 421. The van der Waals surface area contributed by atoms with Crippen molar-refractivity contribution in [3.8, 4) is 5.75 Å². The zero-order chi connectivity index (χ0) is 13.7. The second kappa shape index (κ2) is 6.61. The summed E-state index contributed by atoms with van der Waals surface area (Å²) >= 11 is 5.85. The molecule has 1 unspecified atom stereocenters. The molecule has 0 spiro atoms. The molecule has 0 aliphatic heterocycles. The number of hydrogen-bond acceptors (Lipinski definition) is 3. The summed E-state index contributed by atoms with van der Waals surface area (Å²) in [6.07, 6.45) is 0. The van der Waals surface area contributed by atoms with Gasteiger partial charge in [0.25, 0.3) is 5.91 Å². The van der Waals surface area contributed by atoms with Crippen molar-refractivity contribution in [1.82, 2.24) is 5.32 Å². The Kier molecular flexibility index (Phi) is 5.44. The molecule has 100 valence electrons. The number of methoxy groups -OCH3 is 1. The maximum Gasteiger partial charge on any atom is 0.255 e. The van der Waals surface area contributed by atoms with Crippen LogP contribution in [-0.4, -0.2) is 25.6 Å². The summed E-state index contributed by atoms with van der Waals surface area (Å²) in [6.45, 7) is 4.42. The van der Waals surface area contributed by atoms with Gasteiger partial charge in [0, 0.05) is 17.6 Å². The molecule has 0 aliphatic rings. The van der Waals surface area contributed by atoms with Crippen LogP contribution >= 0.6 is 11.6 Å². The summed E-state index contributed by atoms with van der Waals surface area (Å²) in [7, 11) is 1.51. The molecule has 5 heteroatoms. The molecule has 4 nitrogen and oxygen atoms in total. The van der Waals surface area contributed by atoms with Crippen LogP contribution in [0.3, 0.4) is 0 Å². The van der Waals surface area contributed by atoms with Gasteiger partial charge in [-0.15, -0.1) is 0 Å². The van der Waals surface area contributed by atoms with Gasteiger partial charge in [-0.25, -0.2) is 0 Å². The molecule has 0 bridgehead atoms. The van der Waals surface area contributed by atoms with Gasteiger partial charge in [0.1, 0.15) is 5.75 Å². The molecule has 0 saturated heterocycles. The van der Waals surface area contributed by atoms with Crippen molar-refractivity contribution in [2.45, 2.75) is 19.9 Å². The monoisotopic (exact) mass is 270 g/mol. The smallest absolute Gasteiger partial charge is 0.255 e. The molecular formula is C13H19ClN2O2. The summed E-state index contributed by atoms with van der Waals surface area (Å²) < 4.78 is 5.15. The third-order valence-electron chi connectivity index (χ3n) is 2.78. The van der Waals surface area contributed by atoms with Gasteiger partial charge in [-0.05, 0) is 24.1 Å². The van der Waals surface area contributed by atoms with Gasteiger partial charge in [0.2, 0.25) is 0 Å². The Morgan fingerprint density at radius 1 is 1.50 bits per heavy atom. The minimum absolute atomic E-state index is 0.0575. The van der Waals surface area contributed by atoms with Crippen molar-refractivity contribution in [1.29, 1.82) is 0 Å². The molecule has 1 rings (SSSR count). The number of carbonyl (C=O) groups is 1. The van der Waals surface area contributed by atoms with Crippen LogP contribution in [0.1, 0.15) is 24.2 Å². The molecule has 1 aromatic rings. The predicted molar refractivity (Wildman–Crippen MR) is 73.2 cm³/mol. The number of halogens is 1. The lowest BCUT2D eigenvalue weighted by molar-refractivity contribution is 0.0924. The van der Waals surface area contributed by atoms with E-state index in [0.29, 0.717) is 22.9 Å². The number of nitrogens with two attached hydrogens (primary N) is 1. The third kappa shape index (κ3) is 3.62. The first-order chi connectivity index (χ1) is 8.49. The average molecular weight is 271 g/mol. The highest BCUT2D eigenvalue weighted by atomic mass is 35.5. The molecular weight excluding hydrogens is 252 g/mol. The zero-order valence-corrected chi connectivity index (χ0v) is 11.6. The van der Waals surface area contributed by atoms with E-state index in [4.69, 9.17) is 22.1 Å². The van der Waals surface area contributed by atoms with E-state index >= 15 is 0 Å². The van der Waals surface area contributed by atoms with Crippen LogP contribution in [0.5, 0.6) is 5.75 Å². The highest BCUT2D eigenvalue weighted by Crippen LogP contribution is 2.23. The van der Waals surface area contributed by atoms with E-state index in [2.05, 4.69) is 5.32 Å². The van der Waals surface area contributed by atoms with E-state index < -0.39 is 0 Å². The predicted octanol–water partition coefficient (Wildman–Crippen LogP) is 2.06. The maximum absolute atomic E-state index is 12.1. The summed E-state index contributed by atoms with van der Waals surface area (Å²) in [5, 5.41) is 3.42. The number of carbonyl (C=O) groups excluding carboxylic acids is 1. The standard InChI is InChI=1S/C13H19ClN2O2/c1-8(2)11(7-15)16-13(17)10-5-4-9(14)6-12(10)18-3/h4-6,8,11H,7,15H2,1-3H3,(H,16,17). The Morgan fingerprint density at radius 2 is 2.17 bits per heavy atom. The molecule has 1 aromatic carbocycles. The highest BCUT2D eigenvalue weighted by molar-refractivity contribution is 6.30. The molecule has 18 heavy (non-hydrogen) atoms. The van der Waals surface area contributed by atoms with Gasteiger partial charge in [-0.1, -0.05) is 25.4 Å². The molecule has 0 radical (unpaired) electrons. The molecule has 0 heterocycles. The Hall–Kier alpha value is -1.26. The third-order valence-corrected chi connectivity index (χ3v) is 3.02. The van der Waals surface area contributed by atoms with Crippen molar-refractivity contribution in [3.05, 3.63) is 28.8 Å². The van der Waals surface area contributed by atoms with Crippen molar-refractivity contribution < 1.29 is 9.53 Å². The number of benzene rings is 1. The van der Waals surface area contributed by atoms with Crippen molar-refractivity contribution in [3.63, 3.8) is 0 Å². The molecule has 0 fully saturated rings. The molecule has 1 amide bonds. The molecule has 3 N–H and O–H groups in total. The Labute approximate surface area is 112 Å². The summed E-state index contributed by atoms with van der Waals surface area (Å²) in [5.74, 6) is 0.532. The van der Waals surface area contributed by atoms with Crippen LogP contribution < -0.4 is 15.8 Å². The Morgan fingerprint density at radius 3 is 2.67 bits per heavy atom. The van der Waals surface area contributed by atoms with Gasteiger partial charge in [0.15, 0.2) is 0 Å². The van der Waals surface area contributed by atoms with E-state index in [-0.39, 0.29) is 17.9 Å². The van der Waals surface area contributed by atoms with E-state index in [9.17, 15) is 4.79 Å². The van der Waals surface area contributed by atoms with Gasteiger partial charge in [0.05, 0.1) is 12.7 Å². The highest BCUT2D eigenvalue weighted by Gasteiger charge is 2.18. The average Bonchev–Trinajstić information content (AvgIpc) is 2.34. The summed E-state index contributed by atoms with van der Waals surface area (Å²) in [5.41, 5.74) is 6.09. The lowest BCUT2D eigenvalue weighted by atomic mass is 10.0. The van der Waals surface area contributed by atoms with Crippen LogP contribution in [0.2, 0.25) is 5.02 Å². The first-order valence-electron chi connectivity index (χ1n) is 5.84. The number of hydrogen-bond donors (Lipinski definition) is 2. The lowest BCUT2D eigenvalue weighted by Gasteiger charge is -2.21. The van der Waals surface area contributed by atoms with Crippen molar-refractivity contribution >= 4 is 17.5 Å². The van der Waals surface area contributed by atoms with Gasteiger partial charge in [-0.2, -0.15) is 0 Å². The minimum atomic E-state index is -0.201. The normalized spacial score (nSPS) is 12.3. The maximum atomic E-state index is 12.1. The minimum Gasteiger partial charge on any atom is -0.496 e. The van der Waals surface area contributed by atoms with Gasteiger partial charge >= 0.3 is 0 Å². The SMILES string of the molecule is COc1cc(Cl)ccc1C(=O)NC(CN)C(C)C. The first kappa shape index (κ1) is 14.8. The molecule has 0 aliphatic carbocycles. The van der Waals surface area contributed by atoms with Crippen LogP contribution in [0.15, 0.2) is 18.2 Å². The van der Waals surface area contributed by atoms with Gasteiger partial charge < -0.3 is 15.8 Å². The van der Waals surface area contributed by atoms with Crippen molar-refractivity contribution in [2.75, 3.05) is 13.7 Å². The molecule has 1 atom stereocenters. The van der Waals surface area contributed by atoms with Crippen LogP contribution in [0, 0.1) is 5.92 Å². The fourth-order valence-electron chi connectivity index (χ4n) is 1.60. The number of rotatable bonds is 5. The van der Waals surface area contributed by atoms with E-state index in [1.54, 1.807) is 18.2 Å². The fraction of sp³-hybridized carbons (Fsp3) is 0.462. The first-order valence-corrected chi connectivity index (χ1v) is 6.21. The van der Waals surface area contributed by atoms with Crippen molar-refractivity contribution in [2.24, 2.45) is 11.7 Å². The van der Waals surface area contributed by atoms with E-state index in [0.717, 1.165) is 0 Å². The lowest BCUT2D eigenvalue weighted by Crippen LogP contribution is -2.43. The number of amides is 1. The Balaban J connectivity index is 2.90. The largest absolute Gasteiger partial charge is 0.496 e. The molecule has 0 aromatic heterocycles. The second-order valence-electron chi connectivity index (χ2n) is 4.40. The number of ether oxygens (including phenoxy) is 1. The van der Waals surface area contributed by atoms with E-state index in [1.807, 2.05) is 13.8 Å². The molecule has 0 saturated carbocycles. The van der Waals surface area contributed by atoms with Crippen LogP contribution in [-0.2, 0) is 0 Å². The van der Waals surface area contributed by atoms with E-state index in [1.165, 1.54) is 7.11 Å². The fourth-order valence-corrected chi connectivity index (χ4v) is 1.76.